The summed E-state index contributed by atoms with van der Waals surface area (Å²) >= 11 is 0. The molecule has 0 aromatic heterocycles. The summed E-state index contributed by atoms with van der Waals surface area (Å²) in [6.07, 6.45) is 2.59. The summed E-state index contributed by atoms with van der Waals surface area (Å²) in [7, 11) is -6.11. The molecule has 0 aliphatic carbocycles. The lowest BCUT2D eigenvalue weighted by Gasteiger charge is -2.29. The van der Waals surface area contributed by atoms with Crippen LogP contribution in [0.1, 0.15) is 32.6 Å². The minimum Gasteiger partial charge on any atom is -0.334 e. The summed E-state index contributed by atoms with van der Waals surface area (Å²) in [5, 5.41) is 2.76. The van der Waals surface area contributed by atoms with Crippen LogP contribution < -0.4 is 5.32 Å². The molecule has 2 aliphatic heterocycles. The van der Waals surface area contributed by atoms with E-state index in [0.717, 1.165) is 12.8 Å². The monoisotopic (exact) mass is 352 g/mol. The summed E-state index contributed by atoms with van der Waals surface area (Å²) in [5.74, 6) is 0.201. The van der Waals surface area contributed by atoms with Gasteiger partial charge < -0.3 is 10.2 Å². The molecule has 0 radical (unpaired) electrons. The van der Waals surface area contributed by atoms with Gasteiger partial charge in [-0.25, -0.2) is 21.6 Å². The van der Waals surface area contributed by atoms with Gasteiger partial charge in [0, 0.05) is 18.6 Å². The van der Waals surface area contributed by atoms with Gasteiger partial charge in [0.1, 0.15) is 0 Å². The first kappa shape index (κ1) is 17.5. The van der Waals surface area contributed by atoms with Gasteiger partial charge in [0.2, 0.25) is 0 Å². The van der Waals surface area contributed by atoms with Crippen LogP contribution in [0.2, 0.25) is 0 Å². The average molecular weight is 352 g/mol. The van der Waals surface area contributed by atoms with E-state index >= 15 is 0 Å². The highest BCUT2D eigenvalue weighted by Crippen LogP contribution is 2.19. The first-order chi connectivity index (χ1) is 10.2. The zero-order valence-electron chi connectivity index (χ0n) is 12.8. The van der Waals surface area contributed by atoms with E-state index in [-0.39, 0.29) is 41.1 Å². The van der Waals surface area contributed by atoms with Gasteiger partial charge in [-0.1, -0.05) is 13.3 Å². The number of nitrogens with zero attached hydrogens (tertiary/aromatic N) is 1. The Morgan fingerprint density at radius 2 is 1.73 bits per heavy atom. The standard InChI is InChI=1S/C13H24N2O5S2/c1-2-3-6-15(12-5-8-22(19,20)10-12)13(16)14-11-4-7-21(17,18)9-11/h11-12H,2-10H2,1H3,(H,14,16). The molecule has 128 valence electrons. The van der Waals surface area contributed by atoms with Crippen LogP contribution in [0.5, 0.6) is 0 Å². The predicted octanol–water partition coefficient (Wildman–Crippen LogP) is 0.172. The number of carbonyl (C=O) groups excluding carboxylic acids is 1. The number of nitrogens with one attached hydrogen (secondary N) is 1. The van der Waals surface area contributed by atoms with Gasteiger partial charge in [0.25, 0.3) is 0 Å². The number of hydrogen-bond acceptors (Lipinski definition) is 5. The van der Waals surface area contributed by atoms with E-state index in [1.54, 1.807) is 4.90 Å². The highest BCUT2D eigenvalue weighted by molar-refractivity contribution is 7.91. The van der Waals surface area contributed by atoms with Crippen molar-refractivity contribution in [2.45, 2.75) is 44.7 Å². The van der Waals surface area contributed by atoms with Crippen LogP contribution in [0.4, 0.5) is 4.79 Å². The molecular weight excluding hydrogens is 328 g/mol. The second-order valence-corrected chi connectivity index (χ2v) is 10.6. The number of rotatable bonds is 5. The number of amides is 2. The summed E-state index contributed by atoms with van der Waals surface area (Å²) in [4.78, 5) is 14.0. The molecule has 2 fully saturated rings. The van der Waals surface area contributed by atoms with E-state index in [4.69, 9.17) is 0 Å². The van der Waals surface area contributed by atoms with Crippen LogP contribution in [0.3, 0.4) is 0 Å². The first-order valence-electron chi connectivity index (χ1n) is 7.70. The van der Waals surface area contributed by atoms with E-state index in [1.807, 2.05) is 6.92 Å². The van der Waals surface area contributed by atoms with Crippen LogP contribution in [-0.4, -0.2) is 69.4 Å². The van der Waals surface area contributed by atoms with Gasteiger partial charge in [-0.3, -0.25) is 0 Å². The average Bonchev–Trinajstić information content (AvgIpc) is 2.92. The SMILES string of the molecule is CCCCN(C(=O)NC1CCS(=O)(=O)C1)C1CCS(=O)(=O)C1. The third-order valence-electron chi connectivity index (χ3n) is 4.22. The number of carbonyl (C=O) groups is 1. The molecule has 0 saturated carbocycles. The quantitative estimate of drug-likeness (QED) is 0.760. The molecule has 0 aromatic rings. The summed E-state index contributed by atoms with van der Waals surface area (Å²) in [6, 6.07) is -0.994. The summed E-state index contributed by atoms with van der Waals surface area (Å²) < 4.78 is 46.2. The van der Waals surface area contributed by atoms with Crippen LogP contribution in [0.15, 0.2) is 0 Å². The molecule has 2 unspecified atom stereocenters. The van der Waals surface area contributed by atoms with Crippen LogP contribution in [-0.2, 0) is 19.7 Å². The van der Waals surface area contributed by atoms with E-state index in [1.165, 1.54) is 0 Å². The molecule has 2 aliphatic rings. The minimum atomic E-state index is -3.06. The lowest BCUT2D eigenvalue weighted by molar-refractivity contribution is 0.176. The molecule has 2 saturated heterocycles. The van der Waals surface area contributed by atoms with E-state index in [2.05, 4.69) is 5.32 Å². The number of hydrogen-bond donors (Lipinski definition) is 1. The van der Waals surface area contributed by atoms with Crippen LogP contribution in [0, 0.1) is 0 Å². The first-order valence-corrected chi connectivity index (χ1v) is 11.3. The van der Waals surface area contributed by atoms with Gasteiger partial charge in [0.05, 0.1) is 23.0 Å². The van der Waals surface area contributed by atoms with Gasteiger partial charge in [0.15, 0.2) is 19.7 Å². The Kier molecular flexibility index (Phi) is 5.37. The van der Waals surface area contributed by atoms with Crippen LogP contribution in [0.25, 0.3) is 0 Å². The Labute approximate surface area is 132 Å². The van der Waals surface area contributed by atoms with E-state index in [9.17, 15) is 21.6 Å². The van der Waals surface area contributed by atoms with Gasteiger partial charge in [-0.2, -0.15) is 0 Å². The topological polar surface area (TPSA) is 101 Å². The molecule has 9 heteroatoms. The molecule has 0 aromatic carbocycles. The van der Waals surface area contributed by atoms with Crippen molar-refractivity contribution in [3.8, 4) is 0 Å². The fourth-order valence-electron chi connectivity index (χ4n) is 2.97. The van der Waals surface area contributed by atoms with Gasteiger partial charge >= 0.3 is 6.03 Å². The normalized spacial score (nSPS) is 29.3. The summed E-state index contributed by atoms with van der Waals surface area (Å²) in [6.45, 7) is 2.51. The Hall–Kier alpha value is -0.830. The Morgan fingerprint density at radius 1 is 1.09 bits per heavy atom. The predicted molar refractivity (Wildman–Crippen MR) is 84.3 cm³/mol. The van der Waals surface area contributed by atoms with E-state index in [0.29, 0.717) is 19.4 Å². The maximum Gasteiger partial charge on any atom is 0.317 e. The minimum absolute atomic E-state index is 0.00704. The lowest BCUT2D eigenvalue weighted by Crippen LogP contribution is -2.50. The smallest absolute Gasteiger partial charge is 0.317 e. The van der Waals surface area contributed by atoms with Gasteiger partial charge in [-0.15, -0.1) is 0 Å². The molecule has 22 heavy (non-hydrogen) atoms. The van der Waals surface area contributed by atoms with Gasteiger partial charge in [-0.05, 0) is 19.3 Å². The Morgan fingerprint density at radius 3 is 2.23 bits per heavy atom. The molecule has 2 amide bonds. The molecule has 2 atom stereocenters. The van der Waals surface area contributed by atoms with Crippen molar-refractivity contribution in [3.63, 3.8) is 0 Å². The third kappa shape index (κ3) is 4.58. The van der Waals surface area contributed by atoms with Crippen molar-refractivity contribution < 1.29 is 21.6 Å². The van der Waals surface area contributed by atoms with Crippen molar-refractivity contribution in [2.75, 3.05) is 29.6 Å². The zero-order valence-corrected chi connectivity index (χ0v) is 14.5. The second kappa shape index (κ2) is 6.74. The van der Waals surface area contributed by atoms with Crippen molar-refractivity contribution >= 4 is 25.7 Å². The van der Waals surface area contributed by atoms with Crippen molar-refractivity contribution in [2.24, 2.45) is 0 Å². The number of unbranched alkanes of at least 4 members (excludes halogenated alkanes) is 1. The number of sulfone groups is 2. The fraction of sp³-hybridized carbons (Fsp3) is 0.923. The Balaban J connectivity index is 2.00. The van der Waals surface area contributed by atoms with E-state index < -0.39 is 19.7 Å². The largest absolute Gasteiger partial charge is 0.334 e. The maximum atomic E-state index is 12.4. The molecular formula is C13H24N2O5S2. The summed E-state index contributed by atoms with van der Waals surface area (Å²) in [5.41, 5.74) is 0. The fourth-order valence-corrected chi connectivity index (χ4v) is 6.37. The molecule has 0 bridgehead atoms. The maximum absolute atomic E-state index is 12.4. The highest BCUT2D eigenvalue weighted by Gasteiger charge is 2.36. The highest BCUT2D eigenvalue weighted by atomic mass is 32.2. The van der Waals surface area contributed by atoms with Crippen LogP contribution >= 0.6 is 0 Å². The molecule has 0 spiro atoms. The third-order valence-corrected chi connectivity index (χ3v) is 7.74. The zero-order chi connectivity index (χ0) is 16.4. The molecule has 1 N–H and O–H groups in total. The molecule has 7 nitrogen and oxygen atoms in total. The molecule has 2 heterocycles. The number of urea groups is 1. The van der Waals surface area contributed by atoms with Crippen molar-refractivity contribution in [1.29, 1.82) is 0 Å². The lowest BCUT2D eigenvalue weighted by atomic mass is 10.2. The Bertz CT molecular complexity index is 614. The van der Waals surface area contributed by atoms with Crippen molar-refractivity contribution in [1.82, 2.24) is 10.2 Å². The van der Waals surface area contributed by atoms with Crippen molar-refractivity contribution in [3.05, 3.63) is 0 Å². The second-order valence-electron chi connectivity index (χ2n) is 6.15. The molecule has 2 rings (SSSR count).